The molecule has 8 heteroatoms. The van der Waals surface area contributed by atoms with Crippen LogP contribution in [0.1, 0.15) is 31.0 Å². The second kappa shape index (κ2) is 7.81. The third-order valence-corrected chi connectivity index (χ3v) is 6.14. The normalized spacial score (nSPS) is 15.9. The van der Waals surface area contributed by atoms with E-state index in [4.69, 9.17) is 14.6 Å². The number of aliphatic hydroxyl groups excluding tert-OH is 1. The minimum absolute atomic E-state index is 0. The fraction of sp³-hybridized carbons (Fsp3) is 0.240. The Morgan fingerprint density at radius 3 is 2.39 bits per heavy atom. The molecule has 0 bridgehead atoms. The summed E-state index contributed by atoms with van der Waals surface area (Å²) in [5.74, 6) is 0.810. The highest BCUT2D eigenvalue weighted by atomic mass is 19.4. The lowest BCUT2D eigenvalue weighted by atomic mass is 9.94. The Morgan fingerprint density at radius 2 is 1.73 bits per heavy atom. The lowest BCUT2D eigenvalue weighted by molar-refractivity contribution is -0.137. The van der Waals surface area contributed by atoms with E-state index in [1.807, 2.05) is 0 Å². The van der Waals surface area contributed by atoms with Gasteiger partial charge in [-0.3, -0.25) is 4.79 Å². The summed E-state index contributed by atoms with van der Waals surface area (Å²) in [4.78, 5) is 13.1. The molecule has 2 N–H and O–H groups in total. The van der Waals surface area contributed by atoms with Crippen LogP contribution < -0.4 is 14.8 Å². The predicted octanol–water partition coefficient (Wildman–Crippen LogP) is 5.51. The fourth-order valence-corrected chi connectivity index (χ4v) is 4.11. The molecule has 0 aromatic heterocycles. The van der Waals surface area contributed by atoms with Gasteiger partial charge >= 0.3 is 6.18 Å². The fourth-order valence-electron chi connectivity index (χ4n) is 4.11. The van der Waals surface area contributed by atoms with Crippen LogP contribution in [0.4, 0.5) is 18.9 Å². The number of carbonyl (C=O) groups is 1. The largest absolute Gasteiger partial charge is 0.454 e. The smallest absolute Gasteiger partial charge is 0.417 e. The van der Waals surface area contributed by atoms with Gasteiger partial charge in [0.15, 0.2) is 11.5 Å². The van der Waals surface area contributed by atoms with Crippen molar-refractivity contribution in [3.63, 3.8) is 0 Å². The van der Waals surface area contributed by atoms with Crippen LogP contribution in [-0.4, -0.2) is 17.8 Å². The zero-order valence-corrected chi connectivity index (χ0v) is 17.4. The Labute approximate surface area is 189 Å². The van der Waals surface area contributed by atoms with Crippen molar-refractivity contribution in [1.29, 1.82) is 0 Å². The maximum absolute atomic E-state index is 13.9. The summed E-state index contributed by atoms with van der Waals surface area (Å²) in [6, 6.07) is 15.3. The molecule has 3 aromatic carbocycles. The number of benzene rings is 3. The van der Waals surface area contributed by atoms with Gasteiger partial charge in [0.05, 0.1) is 17.6 Å². The number of anilines is 1. The standard InChI is InChI=1S/C25H20F3NO4.H2/c26-25(27,28)20-12-18(6-7-19(20)16-3-1-15(13-30)2-4-16)29-23(31)24(9-10-24)17-5-8-21-22(11-17)33-14-32-21;/h1-8,11-12,30H,9-10,13-14H2,(H,29,31);1H. The predicted molar refractivity (Wildman–Crippen MR) is 117 cm³/mol. The van der Waals surface area contributed by atoms with Gasteiger partial charge in [0.1, 0.15) is 0 Å². The van der Waals surface area contributed by atoms with E-state index in [9.17, 15) is 18.0 Å². The van der Waals surface area contributed by atoms with Crippen LogP contribution in [0.3, 0.4) is 0 Å². The van der Waals surface area contributed by atoms with Crippen molar-refractivity contribution in [3.05, 3.63) is 77.4 Å². The van der Waals surface area contributed by atoms with E-state index in [1.165, 1.54) is 24.3 Å². The second-order valence-corrected chi connectivity index (χ2v) is 8.22. The molecule has 1 saturated carbocycles. The average Bonchev–Trinajstić information content (AvgIpc) is 3.49. The topological polar surface area (TPSA) is 67.8 Å². The Bertz CT molecular complexity index is 1220. The van der Waals surface area contributed by atoms with Crippen molar-refractivity contribution in [2.24, 2.45) is 0 Å². The van der Waals surface area contributed by atoms with E-state index < -0.39 is 17.2 Å². The van der Waals surface area contributed by atoms with E-state index in [0.29, 0.717) is 35.5 Å². The summed E-state index contributed by atoms with van der Waals surface area (Å²) in [5, 5.41) is 11.8. The molecule has 172 valence electrons. The summed E-state index contributed by atoms with van der Waals surface area (Å²) in [7, 11) is 0. The van der Waals surface area contributed by atoms with E-state index in [1.54, 1.807) is 30.3 Å². The van der Waals surface area contributed by atoms with E-state index >= 15 is 0 Å². The van der Waals surface area contributed by atoms with Crippen LogP contribution in [0.5, 0.6) is 11.5 Å². The number of hydrogen-bond donors (Lipinski definition) is 2. The van der Waals surface area contributed by atoms with Gasteiger partial charge in [-0.05, 0) is 59.4 Å². The highest BCUT2D eigenvalue weighted by Gasteiger charge is 2.51. The van der Waals surface area contributed by atoms with Crippen LogP contribution in [0.25, 0.3) is 11.1 Å². The van der Waals surface area contributed by atoms with Crippen LogP contribution in [0, 0.1) is 0 Å². The third-order valence-electron chi connectivity index (χ3n) is 6.14. The molecule has 5 rings (SSSR count). The van der Waals surface area contributed by atoms with Crippen LogP contribution >= 0.6 is 0 Å². The zero-order valence-electron chi connectivity index (χ0n) is 17.4. The summed E-state index contributed by atoms with van der Waals surface area (Å²) in [6.45, 7) is -0.0736. The molecule has 3 aromatic rings. The van der Waals surface area contributed by atoms with Crippen molar-refractivity contribution in [1.82, 2.24) is 0 Å². The molecule has 33 heavy (non-hydrogen) atoms. The minimum Gasteiger partial charge on any atom is -0.454 e. The molecular formula is C25H22F3NO4. The van der Waals surface area contributed by atoms with E-state index in [2.05, 4.69) is 5.32 Å². The first-order valence-corrected chi connectivity index (χ1v) is 10.4. The minimum atomic E-state index is -4.61. The summed E-state index contributed by atoms with van der Waals surface area (Å²) in [5.41, 5.74) is 0.173. The Kier molecular flexibility index (Phi) is 5.05. The average molecular weight is 457 g/mol. The molecule has 0 unspecified atom stereocenters. The SMILES string of the molecule is O=C(Nc1ccc(-c2ccc(CO)cc2)c(C(F)(F)F)c1)C1(c2ccc3c(c2)OCO3)CC1.[HH]. The van der Waals surface area contributed by atoms with Crippen LogP contribution in [0.15, 0.2) is 60.7 Å². The van der Waals surface area contributed by atoms with Crippen LogP contribution in [0.2, 0.25) is 0 Å². The van der Waals surface area contributed by atoms with Gasteiger partial charge in [0.2, 0.25) is 12.7 Å². The third kappa shape index (κ3) is 3.91. The van der Waals surface area contributed by atoms with Crippen molar-refractivity contribution in [2.75, 3.05) is 12.1 Å². The number of amides is 1. The molecule has 1 aliphatic carbocycles. The number of rotatable bonds is 5. The lowest BCUT2D eigenvalue weighted by Gasteiger charge is -2.19. The number of aliphatic hydroxyl groups is 1. The van der Waals surface area contributed by atoms with Crippen molar-refractivity contribution < 1.29 is 34.0 Å². The molecule has 0 spiro atoms. The molecule has 1 amide bonds. The van der Waals surface area contributed by atoms with E-state index in [0.717, 1.165) is 11.6 Å². The first kappa shape index (κ1) is 21.3. The van der Waals surface area contributed by atoms with Crippen molar-refractivity contribution in [3.8, 4) is 22.6 Å². The van der Waals surface area contributed by atoms with Gasteiger partial charge in [0.25, 0.3) is 0 Å². The van der Waals surface area contributed by atoms with Gasteiger partial charge < -0.3 is 19.9 Å². The summed E-state index contributed by atoms with van der Waals surface area (Å²) in [6.07, 6.45) is -3.42. The molecule has 0 atom stereocenters. The quantitative estimate of drug-likeness (QED) is 0.530. The maximum atomic E-state index is 13.9. The monoisotopic (exact) mass is 457 g/mol. The van der Waals surface area contributed by atoms with Crippen molar-refractivity contribution >= 4 is 11.6 Å². The Hall–Kier alpha value is -3.52. The highest BCUT2D eigenvalue weighted by Crippen LogP contribution is 2.51. The molecular weight excluding hydrogens is 435 g/mol. The number of fused-ring (bicyclic) bond motifs is 1. The summed E-state index contributed by atoms with van der Waals surface area (Å²) >= 11 is 0. The number of nitrogens with one attached hydrogen (secondary N) is 1. The van der Waals surface area contributed by atoms with Gasteiger partial charge in [-0.25, -0.2) is 0 Å². The van der Waals surface area contributed by atoms with Gasteiger partial charge in [-0.2, -0.15) is 13.2 Å². The number of alkyl halides is 3. The van der Waals surface area contributed by atoms with Gasteiger partial charge in [0, 0.05) is 7.11 Å². The Balaban J connectivity index is 0.00000274. The number of halogens is 3. The van der Waals surface area contributed by atoms with Gasteiger partial charge in [-0.15, -0.1) is 0 Å². The molecule has 1 fully saturated rings. The molecule has 0 saturated heterocycles. The number of carbonyl (C=O) groups excluding carboxylic acids is 1. The second-order valence-electron chi connectivity index (χ2n) is 8.22. The van der Waals surface area contributed by atoms with E-state index in [-0.39, 0.29) is 32.0 Å². The summed E-state index contributed by atoms with van der Waals surface area (Å²) < 4.78 is 52.3. The van der Waals surface area contributed by atoms with Gasteiger partial charge in [-0.1, -0.05) is 36.4 Å². The number of hydrogen-bond acceptors (Lipinski definition) is 4. The Morgan fingerprint density at radius 1 is 1.00 bits per heavy atom. The first-order valence-electron chi connectivity index (χ1n) is 10.4. The molecule has 2 aliphatic rings. The molecule has 0 radical (unpaired) electrons. The lowest BCUT2D eigenvalue weighted by Crippen LogP contribution is -2.28. The number of ether oxygens (including phenoxy) is 2. The molecule has 1 heterocycles. The zero-order chi connectivity index (χ0) is 23.2. The highest BCUT2D eigenvalue weighted by molar-refractivity contribution is 6.01. The first-order chi connectivity index (χ1) is 15.8. The molecule has 1 aliphatic heterocycles. The maximum Gasteiger partial charge on any atom is 0.417 e. The van der Waals surface area contributed by atoms with Crippen molar-refractivity contribution in [2.45, 2.75) is 31.0 Å². The molecule has 5 nitrogen and oxygen atoms in total. The van der Waals surface area contributed by atoms with Crippen LogP contribution in [-0.2, 0) is 23.0 Å².